The second-order valence-electron chi connectivity index (χ2n) is 2.16. The van der Waals surface area contributed by atoms with Crippen LogP contribution in [0.15, 0.2) is 29.5 Å². The van der Waals surface area contributed by atoms with Gasteiger partial charge in [0.2, 0.25) is 11.0 Å². The maximum absolute atomic E-state index is 10.7. The quantitative estimate of drug-likeness (QED) is 0.334. The van der Waals surface area contributed by atoms with Crippen molar-refractivity contribution in [3.63, 3.8) is 0 Å². The molecule has 0 aliphatic heterocycles. The molecule has 0 unspecified atom stereocenters. The van der Waals surface area contributed by atoms with Crippen molar-refractivity contribution in [2.24, 2.45) is 5.28 Å². The first kappa shape index (κ1) is 8.80. The van der Waals surface area contributed by atoms with Gasteiger partial charge in [0.05, 0.1) is 0 Å². The van der Waals surface area contributed by atoms with Crippen LogP contribution in [0.3, 0.4) is 0 Å². The van der Waals surface area contributed by atoms with E-state index in [1.54, 1.807) is 12.1 Å². The maximum Gasteiger partial charge on any atom is 0.248 e. The molecule has 1 rings (SSSR count). The maximum atomic E-state index is 10.7. The molecular weight excluding hydrogens is 180 g/mol. The molecule has 0 bridgehead atoms. The molecule has 0 atom stereocenters. The zero-order valence-electron chi connectivity index (χ0n) is 6.14. The lowest BCUT2D eigenvalue weighted by Crippen LogP contribution is -1.90. The molecule has 1 aromatic carbocycles. The van der Waals surface area contributed by atoms with Gasteiger partial charge in [-0.05, 0) is 10.4 Å². The van der Waals surface area contributed by atoms with Gasteiger partial charge >= 0.3 is 0 Å². The molecule has 1 aromatic rings. The number of halogens is 1. The summed E-state index contributed by atoms with van der Waals surface area (Å²) in [5.41, 5.74) is 1.18. The lowest BCUT2D eigenvalue weighted by molar-refractivity contribution is -0.473. The molecule has 0 aliphatic carbocycles. The third kappa shape index (κ3) is 1.85. The largest absolute Gasteiger partial charge is 0.592 e. The number of nitrogens with zero attached hydrogens (tertiary/aromatic N) is 2. The molecule has 0 saturated heterocycles. The number of rotatable bonds is 2. The highest BCUT2D eigenvalue weighted by Crippen LogP contribution is 2.13. The van der Waals surface area contributed by atoms with E-state index in [1.165, 1.54) is 12.1 Å². The third-order valence-corrected chi connectivity index (χ3v) is 1.70. The topological polar surface area (TPSA) is 58.7 Å². The molecule has 0 fully saturated rings. The van der Waals surface area contributed by atoms with Gasteiger partial charge in [0.1, 0.15) is 0 Å². The molecule has 0 aromatic heterocycles. The van der Waals surface area contributed by atoms with Crippen molar-refractivity contribution >= 4 is 17.3 Å². The van der Waals surface area contributed by atoms with E-state index in [2.05, 4.69) is 5.28 Å². The molecule has 4 nitrogen and oxygen atoms in total. The van der Waals surface area contributed by atoms with Crippen LogP contribution in [0.2, 0.25) is 0 Å². The normalized spacial score (nSPS) is 11.6. The molecule has 0 radical (unpaired) electrons. The van der Waals surface area contributed by atoms with Crippen LogP contribution in [0.4, 0.5) is 5.69 Å². The van der Waals surface area contributed by atoms with Crippen LogP contribution in [0.25, 0.3) is 0 Å². The third-order valence-electron chi connectivity index (χ3n) is 1.39. The summed E-state index contributed by atoms with van der Waals surface area (Å²) < 4.78 is 0. The van der Waals surface area contributed by atoms with E-state index in [9.17, 15) is 5.21 Å². The number of benzene rings is 1. The van der Waals surface area contributed by atoms with Gasteiger partial charge in [-0.25, -0.2) is 0 Å². The van der Waals surface area contributed by atoms with Gasteiger partial charge < -0.3 is 10.4 Å². The Morgan fingerprint density at radius 1 is 1.42 bits per heavy atom. The first-order chi connectivity index (χ1) is 5.77. The minimum absolute atomic E-state index is 0.123. The number of hydrogen-bond donors (Lipinski definition) is 1. The zero-order chi connectivity index (χ0) is 8.97. The van der Waals surface area contributed by atoms with Crippen LogP contribution in [0.5, 0.6) is 0 Å². The summed E-state index contributed by atoms with van der Waals surface area (Å²) in [5.74, 6) is 0.398. The summed E-state index contributed by atoms with van der Waals surface area (Å²) in [6.07, 6.45) is 0. The lowest BCUT2D eigenvalue weighted by atomic mass is 10.2. The molecule has 0 aliphatic rings. The van der Waals surface area contributed by atoms with E-state index < -0.39 is 0 Å². The molecule has 0 saturated carbocycles. The minimum atomic E-state index is 0.123. The lowest BCUT2D eigenvalue weighted by Gasteiger charge is -1.97. The van der Waals surface area contributed by atoms with Gasteiger partial charge in [-0.3, -0.25) is 0 Å². The molecule has 0 amide bonds. The predicted molar refractivity (Wildman–Crippen MR) is 43.5 cm³/mol. The summed E-state index contributed by atoms with van der Waals surface area (Å²) in [6.45, 7) is 0. The van der Waals surface area contributed by atoms with Crippen molar-refractivity contribution in [2.45, 2.75) is 5.88 Å². The summed E-state index contributed by atoms with van der Waals surface area (Å²) in [5, 5.41) is 21.3. The summed E-state index contributed by atoms with van der Waals surface area (Å²) in [4.78, 5) is 0.123. The Morgan fingerprint density at radius 3 is 2.42 bits per heavy atom. The van der Waals surface area contributed by atoms with Crippen LogP contribution in [-0.4, -0.2) is 10.1 Å². The Labute approximate surface area is 74.3 Å². The Balaban J connectivity index is 2.92. The molecule has 0 spiro atoms. The van der Waals surface area contributed by atoms with Gasteiger partial charge in [-0.2, -0.15) is 0 Å². The fourth-order valence-corrected chi connectivity index (χ4v) is 0.942. The molecule has 64 valence electrons. The second-order valence-corrected chi connectivity index (χ2v) is 2.43. The van der Waals surface area contributed by atoms with Gasteiger partial charge in [-0.15, -0.1) is 11.6 Å². The zero-order valence-corrected chi connectivity index (χ0v) is 6.90. The highest BCUT2D eigenvalue weighted by Gasteiger charge is 2.01. The molecule has 0 heterocycles. The summed E-state index contributed by atoms with van der Waals surface area (Å²) in [7, 11) is 0. The van der Waals surface area contributed by atoms with E-state index in [0.717, 1.165) is 5.56 Å². The Bertz CT molecular complexity index is 284. The molecule has 5 heteroatoms. The van der Waals surface area contributed by atoms with E-state index in [-0.39, 0.29) is 10.5 Å². The van der Waals surface area contributed by atoms with Crippen molar-refractivity contribution in [2.75, 3.05) is 0 Å². The second kappa shape index (κ2) is 3.92. The fourth-order valence-electron chi connectivity index (χ4n) is 0.764. The highest BCUT2D eigenvalue weighted by atomic mass is 35.5. The van der Waals surface area contributed by atoms with Gasteiger partial charge in [0.15, 0.2) is 0 Å². The Morgan fingerprint density at radius 2 is 2.00 bits per heavy atom. The van der Waals surface area contributed by atoms with Crippen LogP contribution < -0.4 is 0 Å². The van der Waals surface area contributed by atoms with Crippen molar-refractivity contribution in [3.05, 3.63) is 35.0 Å². The molecule has 12 heavy (non-hydrogen) atoms. The van der Waals surface area contributed by atoms with Gasteiger partial charge in [0.25, 0.3) is 0 Å². The van der Waals surface area contributed by atoms with Crippen molar-refractivity contribution < 1.29 is 10.1 Å². The standard InChI is InChI=1S/C7H7ClN2O2/c8-5-6-1-3-7(4-2-6)10(12)9-11/h1-4,11H,5H2. The van der Waals surface area contributed by atoms with Gasteiger partial charge in [0, 0.05) is 18.0 Å². The van der Waals surface area contributed by atoms with E-state index in [4.69, 9.17) is 16.8 Å². The van der Waals surface area contributed by atoms with Crippen LogP contribution in [0, 0.1) is 5.21 Å². The van der Waals surface area contributed by atoms with Crippen LogP contribution in [-0.2, 0) is 5.88 Å². The number of alkyl halides is 1. The molecular formula is C7H7ClN2O2. The van der Waals surface area contributed by atoms with Crippen LogP contribution in [0.1, 0.15) is 5.56 Å². The Kier molecular flexibility index (Phi) is 2.88. The van der Waals surface area contributed by atoms with Crippen LogP contribution >= 0.6 is 11.6 Å². The van der Waals surface area contributed by atoms with Crippen molar-refractivity contribution in [3.8, 4) is 0 Å². The minimum Gasteiger partial charge on any atom is -0.592 e. The van der Waals surface area contributed by atoms with Crippen molar-refractivity contribution in [1.29, 1.82) is 0 Å². The summed E-state index contributed by atoms with van der Waals surface area (Å²) >= 11 is 5.53. The Hall–Kier alpha value is -1.29. The predicted octanol–water partition coefficient (Wildman–Crippen LogP) is 2.41. The average molecular weight is 187 g/mol. The number of hydrogen-bond acceptors (Lipinski definition) is 2. The smallest absolute Gasteiger partial charge is 0.248 e. The SMILES string of the molecule is [O-][N+](=NO)c1ccc(CCl)cc1. The monoisotopic (exact) mass is 186 g/mol. The van der Waals surface area contributed by atoms with Gasteiger partial charge in [-0.1, -0.05) is 12.1 Å². The average Bonchev–Trinajstić information content (AvgIpc) is 2.17. The first-order valence-corrected chi connectivity index (χ1v) is 3.78. The van der Waals surface area contributed by atoms with E-state index in [0.29, 0.717) is 5.88 Å². The first-order valence-electron chi connectivity index (χ1n) is 3.25. The van der Waals surface area contributed by atoms with Crippen molar-refractivity contribution in [1.82, 2.24) is 0 Å². The fraction of sp³-hybridized carbons (Fsp3) is 0.143. The van der Waals surface area contributed by atoms with E-state index in [1.807, 2.05) is 0 Å². The van der Waals surface area contributed by atoms with E-state index >= 15 is 0 Å². The highest BCUT2D eigenvalue weighted by molar-refractivity contribution is 6.17. The summed E-state index contributed by atoms with van der Waals surface area (Å²) in [6, 6.07) is 6.45. The molecule has 1 N–H and O–H groups in total.